The number of hydrogen-bond acceptors (Lipinski definition) is 3. The third-order valence-electron chi connectivity index (χ3n) is 3.84. The lowest BCUT2D eigenvalue weighted by Crippen LogP contribution is -2.35. The number of ether oxygens (including phenoxy) is 1. The van der Waals surface area contributed by atoms with E-state index in [1.165, 1.54) is 0 Å². The molecule has 1 fully saturated rings. The van der Waals surface area contributed by atoms with Gasteiger partial charge >= 0.3 is 0 Å². The molecule has 1 aliphatic rings. The van der Waals surface area contributed by atoms with Crippen LogP contribution in [0.4, 0.5) is 0 Å². The van der Waals surface area contributed by atoms with Crippen molar-refractivity contribution in [3.8, 4) is 5.75 Å². The van der Waals surface area contributed by atoms with Crippen LogP contribution in [0.3, 0.4) is 0 Å². The number of aryl methyl sites for hydroxylation is 1. The Labute approximate surface area is 109 Å². The zero-order valence-electron chi connectivity index (χ0n) is 11.4. The Hall–Kier alpha value is -1.06. The molecule has 0 radical (unpaired) electrons. The number of nitrogens with one attached hydrogen (secondary N) is 1. The molecule has 0 saturated carbocycles. The summed E-state index contributed by atoms with van der Waals surface area (Å²) in [5, 5.41) is 13.5. The van der Waals surface area contributed by atoms with Crippen molar-refractivity contribution in [2.24, 2.45) is 5.92 Å². The fourth-order valence-electron chi connectivity index (χ4n) is 2.59. The van der Waals surface area contributed by atoms with Gasteiger partial charge < -0.3 is 15.2 Å². The highest BCUT2D eigenvalue weighted by Gasteiger charge is 2.24. The average molecular weight is 249 g/mol. The number of phenols is 1. The van der Waals surface area contributed by atoms with Gasteiger partial charge in [-0.25, -0.2) is 0 Å². The molecular formula is C15H23NO2. The van der Waals surface area contributed by atoms with Crippen molar-refractivity contribution in [1.29, 1.82) is 0 Å². The van der Waals surface area contributed by atoms with E-state index in [-0.39, 0.29) is 6.04 Å². The maximum absolute atomic E-state index is 9.98. The van der Waals surface area contributed by atoms with Gasteiger partial charge in [-0.2, -0.15) is 0 Å². The molecule has 3 nitrogen and oxygen atoms in total. The van der Waals surface area contributed by atoms with Crippen molar-refractivity contribution in [3.63, 3.8) is 0 Å². The van der Waals surface area contributed by atoms with Crippen LogP contribution in [0, 0.1) is 12.8 Å². The quantitative estimate of drug-likeness (QED) is 0.862. The van der Waals surface area contributed by atoms with Crippen molar-refractivity contribution in [3.05, 3.63) is 29.3 Å². The Balaban J connectivity index is 2.00. The van der Waals surface area contributed by atoms with Crippen LogP contribution in [0.2, 0.25) is 0 Å². The highest BCUT2D eigenvalue weighted by Crippen LogP contribution is 2.26. The third kappa shape index (κ3) is 3.03. The molecule has 1 aromatic rings. The zero-order valence-corrected chi connectivity index (χ0v) is 11.4. The first-order chi connectivity index (χ1) is 8.58. The van der Waals surface area contributed by atoms with Crippen LogP contribution in [0.25, 0.3) is 0 Å². The topological polar surface area (TPSA) is 41.5 Å². The summed E-state index contributed by atoms with van der Waals surface area (Å²) in [5.74, 6) is 0.963. The van der Waals surface area contributed by atoms with Gasteiger partial charge in [-0.1, -0.05) is 12.1 Å². The van der Waals surface area contributed by atoms with E-state index in [0.29, 0.717) is 17.7 Å². The number of rotatable bonds is 4. The van der Waals surface area contributed by atoms with Crippen molar-refractivity contribution < 1.29 is 9.84 Å². The number of phenolic OH excluding ortho intramolecular Hbond substituents is 1. The lowest BCUT2D eigenvalue weighted by Gasteiger charge is -2.24. The van der Waals surface area contributed by atoms with Crippen LogP contribution in [0.1, 0.15) is 37.4 Å². The van der Waals surface area contributed by atoms with Crippen LogP contribution in [-0.2, 0) is 4.74 Å². The van der Waals surface area contributed by atoms with Gasteiger partial charge in [0.1, 0.15) is 5.75 Å². The fourth-order valence-corrected chi connectivity index (χ4v) is 2.59. The highest BCUT2D eigenvalue weighted by atomic mass is 16.5. The predicted molar refractivity (Wildman–Crippen MR) is 72.8 cm³/mol. The SMILES string of the molecule is Cc1ccc(C(C)NC(C)C2CCOC2)c(O)c1. The van der Waals surface area contributed by atoms with E-state index in [9.17, 15) is 5.11 Å². The van der Waals surface area contributed by atoms with Gasteiger partial charge in [0.15, 0.2) is 0 Å². The van der Waals surface area contributed by atoms with E-state index in [2.05, 4.69) is 19.2 Å². The second kappa shape index (κ2) is 5.72. The third-order valence-corrected chi connectivity index (χ3v) is 3.84. The normalized spacial score (nSPS) is 22.9. The molecule has 1 aliphatic heterocycles. The van der Waals surface area contributed by atoms with Gasteiger partial charge in [0.25, 0.3) is 0 Å². The van der Waals surface area contributed by atoms with Gasteiger partial charge in [-0.3, -0.25) is 0 Å². The van der Waals surface area contributed by atoms with E-state index in [1.54, 1.807) is 0 Å². The summed E-state index contributed by atoms with van der Waals surface area (Å²) < 4.78 is 5.42. The molecule has 2 rings (SSSR count). The van der Waals surface area contributed by atoms with Crippen molar-refractivity contribution in [2.45, 2.75) is 39.3 Å². The van der Waals surface area contributed by atoms with Crippen molar-refractivity contribution in [1.82, 2.24) is 5.32 Å². The van der Waals surface area contributed by atoms with E-state index >= 15 is 0 Å². The first kappa shape index (κ1) is 13.4. The van der Waals surface area contributed by atoms with Crippen LogP contribution >= 0.6 is 0 Å². The predicted octanol–water partition coefficient (Wildman–Crippen LogP) is 2.78. The molecule has 3 unspecified atom stereocenters. The molecule has 100 valence electrons. The minimum Gasteiger partial charge on any atom is -0.508 e. The average Bonchev–Trinajstić information content (AvgIpc) is 2.81. The molecular weight excluding hydrogens is 226 g/mol. The molecule has 1 aromatic carbocycles. The Bertz CT molecular complexity index is 399. The molecule has 0 aliphatic carbocycles. The van der Waals surface area contributed by atoms with Gasteiger partial charge in [0, 0.05) is 24.3 Å². The zero-order chi connectivity index (χ0) is 13.1. The van der Waals surface area contributed by atoms with Crippen LogP contribution in [0.5, 0.6) is 5.75 Å². The van der Waals surface area contributed by atoms with Crippen LogP contribution < -0.4 is 5.32 Å². The standard InChI is InChI=1S/C15H23NO2/c1-10-4-5-14(15(17)8-10)12(3)16-11(2)13-6-7-18-9-13/h4-5,8,11-13,16-17H,6-7,9H2,1-3H3. The van der Waals surface area contributed by atoms with Gasteiger partial charge in [0.2, 0.25) is 0 Å². The number of benzene rings is 1. The molecule has 1 heterocycles. The highest BCUT2D eigenvalue weighted by molar-refractivity contribution is 5.37. The summed E-state index contributed by atoms with van der Waals surface area (Å²) in [6.07, 6.45) is 1.13. The maximum Gasteiger partial charge on any atom is 0.120 e. The molecule has 0 bridgehead atoms. The minimum atomic E-state index is 0.154. The largest absolute Gasteiger partial charge is 0.508 e. The fraction of sp³-hybridized carbons (Fsp3) is 0.600. The van der Waals surface area contributed by atoms with E-state index < -0.39 is 0 Å². The van der Waals surface area contributed by atoms with E-state index in [4.69, 9.17) is 4.74 Å². The lowest BCUT2D eigenvalue weighted by molar-refractivity contribution is 0.177. The first-order valence-electron chi connectivity index (χ1n) is 6.71. The van der Waals surface area contributed by atoms with Gasteiger partial charge in [0.05, 0.1) is 6.61 Å². The van der Waals surface area contributed by atoms with Crippen molar-refractivity contribution in [2.75, 3.05) is 13.2 Å². The van der Waals surface area contributed by atoms with Gasteiger partial charge in [-0.15, -0.1) is 0 Å². The maximum atomic E-state index is 9.98. The molecule has 1 saturated heterocycles. The second-order valence-electron chi connectivity index (χ2n) is 5.36. The monoisotopic (exact) mass is 249 g/mol. The Morgan fingerprint density at radius 2 is 2.17 bits per heavy atom. The van der Waals surface area contributed by atoms with Gasteiger partial charge in [-0.05, 0) is 44.7 Å². The number of hydrogen-bond donors (Lipinski definition) is 2. The minimum absolute atomic E-state index is 0.154. The molecule has 0 spiro atoms. The summed E-state index contributed by atoms with van der Waals surface area (Å²) in [6.45, 7) is 8.00. The summed E-state index contributed by atoms with van der Waals surface area (Å²) >= 11 is 0. The van der Waals surface area contributed by atoms with Crippen molar-refractivity contribution >= 4 is 0 Å². The molecule has 3 atom stereocenters. The smallest absolute Gasteiger partial charge is 0.120 e. The molecule has 2 N–H and O–H groups in total. The van der Waals surface area contributed by atoms with Crippen LogP contribution in [-0.4, -0.2) is 24.4 Å². The summed E-state index contributed by atoms with van der Waals surface area (Å²) in [7, 11) is 0. The summed E-state index contributed by atoms with van der Waals surface area (Å²) in [4.78, 5) is 0. The van der Waals surface area contributed by atoms with Crippen LogP contribution in [0.15, 0.2) is 18.2 Å². The van der Waals surface area contributed by atoms with E-state index in [1.807, 2.05) is 25.1 Å². The lowest BCUT2D eigenvalue weighted by atomic mass is 9.98. The van der Waals surface area contributed by atoms with E-state index in [0.717, 1.165) is 30.8 Å². The molecule has 0 amide bonds. The number of aromatic hydroxyl groups is 1. The Morgan fingerprint density at radius 1 is 1.39 bits per heavy atom. The Morgan fingerprint density at radius 3 is 2.78 bits per heavy atom. The first-order valence-corrected chi connectivity index (χ1v) is 6.71. The molecule has 0 aromatic heterocycles. The Kier molecular flexibility index (Phi) is 4.25. The molecule has 18 heavy (non-hydrogen) atoms. The summed E-state index contributed by atoms with van der Waals surface area (Å²) in [5.41, 5.74) is 2.05. The molecule has 3 heteroatoms. The second-order valence-corrected chi connectivity index (χ2v) is 5.36. The summed E-state index contributed by atoms with van der Waals surface area (Å²) in [6, 6.07) is 6.41.